The third-order valence-electron chi connectivity index (χ3n) is 0.830. The molecule has 0 saturated heterocycles. The molecule has 0 fully saturated rings. The zero-order valence-electron chi connectivity index (χ0n) is 5.26. The summed E-state index contributed by atoms with van der Waals surface area (Å²) in [5, 5.41) is 0. The standard InChI is InChI=1S/C7H5N/c1-8-7-5-3-2-4-6-7/h2-6H/i2D. The number of rotatable bonds is 0. The van der Waals surface area contributed by atoms with Crippen molar-refractivity contribution in [3.05, 3.63) is 41.7 Å². The average molecular weight is 104 g/mol. The lowest BCUT2D eigenvalue weighted by Gasteiger charge is -1.80. The van der Waals surface area contributed by atoms with E-state index in [1.54, 1.807) is 24.3 Å². The molecule has 1 aromatic carbocycles. The van der Waals surface area contributed by atoms with Crippen molar-refractivity contribution in [2.75, 3.05) is 0 Å². The van der Waals surface area contributed by atoms with Crippen LogP contribution in [0.2, 0.25) is 0 Å². The molecular formula is C7H5N. The third kappa shape index (κ3) is 0.855. The molecule has 1 aromatic rings. The number of hydrogen-bond acceptors (Lipinski definition) is 0. The molecule has 0 aliphatic rings. The zero-order valence-corrected chi connectivity index (χ0v) is 4.26. The number of hydrogen-bond donors (Lipinski definition) is 0. The van der Waals surface area contributed by atoms with Gasteiger partial charge in [0.25, 0.3) is 0 Å². The van der Waals surface area contributed by atoms with Crippen LogP contribution in [-0.4, -0.2) is 0 Å². The Balaban J connectivity index is 3.06. The third-order valence-corrected chi connectivity index (χ3v) is 0.830. The highest BCUT2D eigenvalue weighted by Crippen LogP contribution is 2.07. The lowest BCUT2D eigenvalue weighted by Crippen LogP contribution is -1.54. The Kier molecular flexibility index (Phi) is 0.980. The molecule has 0 saturated carbocycles. The van der Waals surface area contributed by atoms with Crippen molar-refractivity contribution in [3.63, 3.8) is 0 Å². The fraction of sp³-hybridized carbons (Fsp3) is 0. The van der Waals surface area contributed by atoms with Crippen LogP contribution in [0.1, 0.15) is 1.37 Å². The maximum absolute atomic E-state index is 7.06. The van der Waals surface area contributed by atoms with Crippen molar-refractivity contribution in [1.29, 1.82) is 0 Å². The highest BCUT2D eigenvalue weighted by Gasteiger charge is 1.79. The molecule has 0 bridgehead atoms. The smallest absolute Gasteiger partial charge is 0.187 e. The van der Waals surface area contributed by atoms with Gasteiger partial charge < -0.3 is 0 Å². The molecule has 0 heterocycles. The Hall–Kier alpha value is -1.29. The molecule has 0 radical (unpaired) electrons. The van der Waals surface area contributed by atoms with Crippen molar-refractivity contribution in [2.24, 2.45) is 0 Å². The molecule has 0 atom stereocenters. The van der Waals surface area contributed by atoms with E-state index in [1.165, 1.54) is 0 Å². The van der Waals surface area contributed by atoms with Gasteiger partial charge >= 0.3 is 0 Å². The van der Waals surface area contributed by atoms with E-state index >= 15 is 0 Å². The van der Waals surface area contributed by atoms with Crippen LogP contribution < -0.4 is 0 Å². The van der Waals surface area contributed by atoms with Gasteiger partial charge in [-0.2, -0.15) is 0 Å². The van der Waals surface area contributed by atoms with Crippen molar-refractivity contribution in [1.82, 2.24) is 0 Å². The largest absolute Gasteiger partial charge is 0.238 e. The van der Waals surface area contributed by atoms with E-state index in [4.69, 9.17) is 7.94 Å². The van der Waals surface area contributed by atoms with E-state index < -0.39 is 0 Å². The van der Waals surface area contributed by atoms with Gasteiger partial charge in [-0.15, -0.1) is 0 Å². The number of para-hydroxylation sites is 1. The molecule has 38 valence electrons. The molecule has 8 heavy (non-hydrogen) atoms. The minimum atomic E-state index is 0.447. The minimum Gasteiger partial charge on any atom is -0.238 e. The van der Waals surface area contributed by atoms with Gasteiger partial charge in [-0.3, -0.25) is 0 Å². The van der Waals surface area contributed by atoms with Crippen LogP contribution in [0.25, 0.3) is 4.85 Å². The molecule has 0 N–H and O–H groups in total. The summed E-state index contributed by atoms with van der Waals surface area (Å²) in [5.41, 5.74) is 0.589. The van der Waals surface area contributed by atoms with E-state index in [0.29, 0.717) is 11.7 Å². The topological polar surface area (TPSA) is 4.36 Å². The SMILES string of the molecule is [2H]c1ccc([N+]#[C-])cc1. The molecule has 0 aliphatic heterocycles. The minimum absolute atomic E-state index is 0.447. The first-order chi connectivity index (χ1) is 4.33. The Bertz CT molecular complexity index is 232. The van der Waals surface area contributed by atoms with E-state index in [9.17, 15) is 0 Å². The molecule has 0 unspecified atom stereocenters. The normalized spacial score (nSPS) is 9.62. The van der Waals surface area contributed by atoms with Crippen LogP contribution in [0.5, 0.6) is 0 Å². The Morgan fingerprint density at radius 1 is 1.50 bits per heavy atom. The molecule has 0 amide bonds. The quantitative estimate of drug-likeness (QED) is 0.444. The summed E-state index contributed by atoms with van der Waals surface area (Å²) in [6.07, 6.45) is 0. The molecule has 1 rings (SSSR count). The first-order valence-corrected chi connectivity index (χ1v) is 2.27. The fourth-order valence-electron chi connectivity index (χ4n) is 0.453. The van der Waals surface area contributed by atoms with E-state index in [-0.39, 0.29) is 0 Å². The van der Waals surface area contributed by atoms with Gasteiger partial charge in [-0.25, -0.2) is 4.85 Å². The summed E-state index contributed by atoms with van der Waals surface area (Å²) in [7, 11) is 0. The summed E-state index contributed by atoms with van der Waals surface area (Å²) < 4.78 is 7.06. The fourth-order valence-corrected chi connectivity index (χ4v) is 0.453. The number of nitrogens with zero attached hydrogens (tertiary/aromatic N) is 1. The summed E-state index contributed by atoms with van der Waals surface area (Å²) >= 11 is 0. The maximum atomic E-state index is 7.06. The van der Waals surface area contributed by atoms with Crippen LogP contribution in [0.4, 0.5) is 5.69 Å². The van der Waals surface area contributed by atoms with Crippen molar-refractivity contribution >= 4 is 5.69 Å². The Morgan fingerprint density at radius 3 is 2.62 bits per heavy atom. The highest BCUT2D eigenvalue weighted by atomic mass is 14.6. The first kappa shape index (κ1) is 3.68. The van der Waals surface area contributed by atoms with Crippen LogP contribution in [0.3, 0.4) is 0 Å². The second-order valence-corrected chi connectivity index (χ2v) is 1.37. The Morgan fingerprint density at radius 2 is 2.12 bits per heavy atom. The van der Waals surface area contributed by atoms with Gasteiger partial charge in [-0.1, -0.05) is 30.3 Å². The molecule has 0 aromatic heterocycles. The van der Waals surface area contributed by atoms with Gasteiger partial charge in [0.1, 0.15) is 0 Å². The molecule has 0 aliphatic carbocycles. The molecule has 1 heteroatoms. The maximum Gasteiger partial charge on any atom is 0.187 e. The zero-order chi connectivity index (χ0) is 6.69. The molecular weight excluding hydrogens is 98.1 g/mol. The van der Waals surface area contributed by atoms with Crippen LogP contribution in [0.15, 0.2) is 30.3 Å². The average Bonchev–Trinajstić information content (AvgIpc) is 1.90. The second-order valence-electron chi connectivity index (χ2n) is 1.37. The van der Waals surface area contributed by atoms with Gasteiger partial charge in [0, 0.05) is 0 Å². The van der Waals surface area contributed by atoms with Gasteiger partial charge in [-0.05, 0) is 0 Å². The van der Waals surface area contributed by atoms with Gasteiger partial charge in [0.2, 0.25) is 0 Å². The van der Waals surface area contributed by atoms with Gasteiger partial charge in [0.15, 0.2) is 5.69 Å². The van der Waals surface area contributed by atoms with E-state index in [1.807, 2.05) is 0 Å². The van der Waals surface area contributed by atoms with Crippen LogP contribution in [-0.2, 0) is 0 Å². The molecule has 1 nitrogen and oxygen atoms in total. The summed E-state index contributed by atoms with van der Waals surface area (Å²) in [5.74, 6) is 0. The first-order valence-electron chi connectivity index (χ1n) is 2.77. The summed E-state index contributed by atoms with van der Waals surface area (Å²) in [6.45, 7) is 6.58. The highest BCUT2D eigenvalue weighted by molar-refractivity contribution is 5.42. The van der Waals surface area contributed by atoms with Crippen molar-refractivity contribution in [3.8, 4) is 0 Å². The lowest BCUT2D eigenvalue weighted by molar-refractivity contribution is 1.72. The van der Waals surface area contributed by atoms with Crippen molar-refractivity contribution < 1.29 is 1.37 Å². The summed E-state index contributed by atoms with van der Waals surface area (Å²) in [6, 6.07) is 6.92. The predicted octanol–water partition coefficient (Wildman–Crippen LogP) is 2.24. The van der Waals surface area contributed by atoms with Crippen molar-refractivity contribution in [2.45, 2.75) is 0 Å². The predicted molar refractivity (Wildman–Crippen MR) is 32.7 cm³/mol. The Labute approximate surface area is 49.8 Å². The molecule has 0 spiro atoms. The van der Waals surface area contributed by atoms with Crippen LogP contribution >= 0.6 is 0 Å². The number of benzene rings is 1. The van der Waals surface area contributed by atoms with Crippen LogP contribution in [0, 0.1) is 6.57 Å². The monoisotopic (exact) mass is 104 g/mol. The lowest BCUT2D eigenvalue weighted by atomic mass is 10.3. The second kappa shape index (κ2) is 2.13. The summed E-state index contributed by atoms with van der Waals surface area (Å²) in [4.78, 5) is 3.18. The van der Waals surface area contributed by atoms with E-state index in [2.05, 4.69) is 4.85 Å². The van der Waals surface area contributed by atoms with E-state index in [0.717, 1.165) is 0 Å². The van der Waals surface area contributed by atoms with Gasteiger partial charge in [0.05, 0.1) is 7.94 Å².